The molecule has 1 aromatic rings. The van der Waals surface area contributed by atoms with Gasteiger partial charge in [0.05, 0.1) is 17.3 Å². The lowest BCUT2D eigenvalue weighted by atomic mass is 10.2. The monoisotopic (exact) mass is 269 g/mol. The highest BCUT2D eigenvalue weighted by atomic mass is 35.5. The summed E-state index contributed by atoms with van der Waals surface area (Å²) in [4.78, 5) is 23.0. The van der Waals surface area contributed by atoms with Crippen molar-refractivity contribution in [1.82, 2.24) is 10.6 Å². The molecule has 0 fully saturated rings. The smallest absolute Gasteiger partial charge is 0.251 e. The molecule has 18 heavy (non-hydrogen) atoms. The third kappa shape index (κ3) is 4.25. The maximum Gasteiger partial charge on any atom is 0.251 e. The summed E-state index contributed by atoms with van der Waals surface area (Å²) in [5.41, 5.74) is 6.31. The van der Waals surface area contributed by atoms with E-state index in [9.17, 15) is 9.59 Å². The highest BCUT2D eigenvalue weighted by molar-refractivity contribution is 6.33. The van der Waals surface area contributed by atoms with Gasteiger partial charge in [-0.3, -0.25) is 9.59 Å². The van der Waals surface area contributed by atoms with E-state index in [1.807, 2.05) is 13.8 Å². The fourth-order valence-corrected chi connectivity index (χ4v) is 1.48. The number of anilines is 1. The summed E-state index contributed by atoms with van der Waals surface area (Å²) in [5, 5.41) is 5.48. The van der Waals surface area contributed by atoms with Gasteiger partial charge in [-0.15, -0.1) is 0 Å². The summed E-state index contributed by atoms with van der Waals surface area (Å²) in [6, 6.07) is 4.61. The number of hydrogen-bond donors (Lipinski definition) is 3. The Hall–Kier alpha value is -1.75. The summed E-state index contributed by atoms with van der Waals surface area (Å²) in [6.45, 7) is 3.62. The van der Waals surface area contributed by atoms with Crippen LogP contribution in [0.5, 0.6) is 0 Å². The molecule has 0 radical (unpaired) electrons. The Morgan fingerprint density at radius 1 is 1.39 bits per heavy atom. The minimum atomic E-state index is -0.365. The van der Waals surface area contributed by atoms with Gasteiger partial charge < -0.3 is 16.4 Å². The molecule has 0 aliphatic rings. The molecule has 0 spiro atoms. The van der Waals surface area contributed by atoms with E-state index in [1.54, 1.807) is 12.1 Å². The molecule has 0 atom stereocenters. The van der Waals surface area contributed by atoms with E-state index in [1.165, 1.54) is 6.07 Å². The Morgan fingerprint density at radius 2 is 2.06 bits per heavy atom. The van der Waals surface area contributed by atoms with Crippen LogP contribution < -0.4 is 16.4 Å². The van der Waals surface area contributed by atoms with Crippen LogP contribution in [0.15, 0.2) is 18.2 Å². The molecular weight excluding hydrogens is 254 g/mol. The second kappa shape index (κ2) is 6.26. The van der Waals surface area contributed by atoms with Crippen molar-refractivity contribution in [3.8, 4) is 0 Å². The number of carbonyl (C=O) groups is 2. The number of halogens is 1. The summed E-state index contributed by atoms with van der Waals surface area (Å²) >= 11 is 5.81. The average Bonchev–Trinajstić information content (AvgIpc) is 2.28. The molecule has 0 aliphatic heterocycles. The van der Waals surface area contributed by atoms with Gasteiger partial charge in [-0.05, 0) is 32.0 Å². The number of nitrogen functional groups attached to an aromatic ring is 1. The minimum Gasteiger partial charge on any atom is -0.398 e. The molecule has 0 aromatic heterocycles. The lowest BCUT2D eigenvalue weighted by molar-refractivity contribution is -0.120. The van der Waals surface area contributed by atoms with Crippen LogP contribution in [-0.4, -0.2) is 24.4 Å². The molecule has 1 aromatic carbocycles. The van der Waals surface area contributed by atoms with Crippen LogP contribution in [-0.2, 0) is 4.79 Å². The lowest BCUT2D eigenvalue weighted by Crippen LogP contribution is -2.39. The molecule has 0 heterocycles. The van der Waals surface area contributed by atoms with E-state index in [0.29, 0.717) is 16.3 Å². The first-order chi connectivity index (χ1) is 8.40. The number of carbonyl (C=O) groups excluding carboxylic acids is 2. The largest absolute Gasteiger partial charge is 0.398 e. The molecule has 0 saturated heterocycles. The molecule has 98 valence electrons. The molecule has 0 unspecified atom stereocenters. The maximum atomic E-state index is 11.7. The summed E-state index contributed by atoms with van der Waals surface area (Å²) in [6.07, 6.45) is 0. The third-order valence-electron chi connectivity index (χ3n) is 2.12. The Labute approximate surface area is 111 Å². The van der Waals surface area contributed by atoms with Gasteiger partial charge in [0.1, 0.15) is 0 Å². The number of benzene rings is 1. The van der Waals surface area contributed by atoms with Gasteiger partial charge in [0.2, 0.25) is 5.91 Å². The van der Waals surface area contributed by atoms with Crippen molar-refractivity contribution >= 4 is 29.1 Å². The molecule has 6 heteroatoms. The van der Waals surface area contributed by atoms with Gasteiger partial charge in [0.25, 0.3) is 5.91 Å². The number of hydrogen-bond acceptors (Lipinski definition) is 3. The van der Waals surface area contributed by atoms with Crippen molar-refractivity contribution in [3.05, 3.63) is 28.8 Å². The molecular formula is C12H16ClN3O2. The quantitative estimate of drug-likeness (QED) is 0.718. The van der Waals surface area contributed by atoms with Crippen LogP contribution in [0.25, 0.3) is 0 Å². The third-order valence-corrected chi connectivity index (χ3v) is 2.45. The average molecular weight is 270 g/mol. The lowest BCUT2D eigenvalue weighted by Gasteiger charge is -2.09. The van der Waals surface area contributed by atoms with E-state index in [4.69, 9.17) is 17.3 Å². The van der Waals surface area contributed by atoms with Crippen molar-refractivity contribution in [3.63, 3.8) is 0 Å². The summed E-state index contributed by atoms with van der Waals surface area (Å²) < 4.78 is 0. The fraction of sp³-hybridized carbons (Fsp3) is 0.333. The molecule has 4 N–H and O–H groups in total. The maximum absolute atomic E-state index is 11.7. The van der Waals surface area contributed by atoms with Crippen molar-refractivity contribution in [2.24, 2.45) is 0 Å². The zero-order valence-electron chi connectivity index (χ0n) is 10.3. The fourth-order valence-electron chi connectivity index (χ4n) is 1.30. The summed E-state index contributed by atoms with van der Waals surface area (Å²) in [7, 11) is 0. The Bertz CT molecular complexity index is 461. The van der Waals surface area contributed by atoms with Crippen molar-refractivity contribution < 1.29 is 9.59 Å². The van der Waals surface area contributed by atoms with Crippen LogP contribution in [0.2, 0.25) is 5.02 Å². The van der Waals surface area contributed by atoms with E-state index >= 15 is 0 Å². The SMILES string of the molecule is CC(C)NC(=O)CNC(=O)c1ccc(N)c(Cl)c1. The zero-order chi connectivity index (χ0) is 13.7. The Morgan fingerprint density at radius 3 is 2.61 bits per heavy atom. The second-order valence-corrected chi connectivity index (χ2v) is 4.55. The van der Waals surface area contributed by atoms with Crippen molar-refractivity contribution in [2.45, 2.75) is 19.9 Å². The highest BCUT2D eigenvalue weighted by Crippen LogP contribution is 2.19. The second-order valence-electron chi connectivity index (χ2n) is 4.14. The molecule has 0 saturated carbocycles. The number of rotatable bonds is 4. The number of nitrogens with one attached hydrogen (secondary N) is 2. The molecule has 1 rings (SSSR count). The first-order valence-electron chi connectivity index (χ1n) is 5.52. The van der Waals surface area contributed by atoms with Crippen LogP contribution >= 0.6 is 11.6 Å². The number of amides is 2. The van der Waals surface area contributed by atoms with Crippen LogP contribution in [0.1, 0.15) is 24.2 Å². The first kappa shape index (κ1) is 14.3. The standard InChI is InChI=1S/C12H16ClN3O2/c1-7(2)16-11(17)6-15-12(18)8-3-4-10(14)9(13)5-8/h3-5,7H,6,14H2,1-2H3,(H,15,18)(H,16,17). The van der Waals surface area contributed by atoms with Crippen LogP contribution in [0, 0.1) is 0 Å². The minimum absolute atomic E-state index is 0.0420. The molecule has 5 nitrogen and oxygen atoms in total. The van der Waals surface area contributed by atoms with Crippen molar-refractivity contribution in [1.29, 1.82) is 0 Å². The van der Waals surface area contributed by atoms with Gasteiger partial charge in [0, 0.05) is 11.6 Å². The predicted molar refractivity (Wildman–Crippen MR) is 71.5 cm³/mol. The molecule has 0 aliphatic carbocycles. The van der Waals surface area contributed by atoms with Gasteiger partial charge >= 0.3 is 0 Å². The van der Waals surface area contributed by atoms with Gasteiger partial charge in [0.15, 0.2) is 0 Å². The Balaban J connectivity index is 2.55. The highest BCUT2D eigenvalue weighted by Gasteiger charge is 2.09. The van der Waals surface area contributed by atoms with Crippen LogP contribution in [0.3, 0.4) is 0 Å². The predicted octanol–water partition coefficient (Wildman–Crippen LogP) is 1.18. The van der Waals surface area contributed by atoms with Gasteiger partial charge in [-0.2, -0.15) is 0 Å². The number of nitrogens with two attached hydrogens (primary N) is 1. The molecule has 0 bridgehead atoms. The van der Waals surface area contributed by atoms with E-state index in [-0.39, 0.29) is 24.4 Å². The van der Waals surface area contributed by atoms with E-state index < -0.39 is 0 Å². The normalized spacial score (nSPS) is 10.2. The van der Waals surface area contributed by atoms with Crippen LogP contribution in [0.4, 0.5) is 5.69 Å². The molecule has 2 amide bonds. The van der Waals surface area contributed by atoms with E-state index in [0.717, 1.165) is 0 Å². The topological polar surface area (TPSA) is 84.2 Å². The first-order valence-corrected chi connectivity index (χ1v) is 5.90. The van der Waals surface area contributed by atoms with Gasteiger partial charge in [-0.25, -0.2) is 0 Å². The van der Waals surface area contributed by atoms with E-state index in [2.05, 4.69) is 10.6 Å². The van der Waals surface area contributed by atoms with Crippen molar-refractivity contribution in [2.75, 3.05) is 12.3 Å². The summed E-state index contributed by atoms with van der Waals surface area (Å²) in [5.74, 6) is -0.601. The zero-order valence-corrected chi connectivity index (χ0v) is 11.0. The van der Waals surface area contributed by atoms with Gasteiger partial charge in [-0.1, -0.05) is 11.6 Å². The Kier molecular flexibility index (Phi) is 4.97.